The van der Waals surface area contributed by atoms with E-state index < -0.39 is 0 Å². The number of carbonyl (C=O) groups is 1. The van der Waals surface area contributed by atoms with Crippen LogP contribution in [0.4, 0.5) is 0 Å². The molecule has 0 unspecified atom stereocenters. The number of aryl methyl sites for hydroxylation is 1. The molecule has 1 fully saturated rings. The SMILES string of the molecule is Cc1ccccc1-n1c(SCC(=O)N(C(C)C)C2CCCCC2)nnc1-c1cccnc1. The summed E-state index contributed by atoms with van der Waals surface area (Å²) in [5.41, 5.74) is 3.03. The van der Waals surface area contributed by atoms with E-state index >= 15 is 0 Å². The van der Waals surface area contributed by atoms with Gasteiger partial charge in [-0.25, -0.2) is 0 Å². The Morgan fingerprint density at radius 1 is 1.12 bits per heavy atom. The molecule has 32 heavy (non-hydrogen) atoms. The second kappa shape index (κ2) is 10.3. The number of aromatic nitrogens is 4. The lowest BCUT2D eigenvalue weighted by atomic mass is 9.93. The number of hydrogen-bond acceptors (Lipinski definition) is 5. The molecule has 2 aromatic heterocycles. The third-order valence-electron chi connectivity index (χ3n) is 6.05. The van der Waals surface area contributed by atoms with Gasteiger partial charge in [-0.3, -0.25) is 14.3 Å². The van der Waals surface area contributed by atoms with Gasteiger partial charge < -0.3 is 4.90 Å². The maximum absolute atomic E-state index is 13.3. The molecule has 0 saturated heterocycles. The maximum atomic E-state index is 13.3. The van der Waals surface area contributed by atoms with E-state index in [2.05, 4.69) is 53.0 Å². The Bertz CT molecular complexity index is 1040. The van der Waals surface area contributed by atoms with E-state index in [1.54, 1.807) is 12.4 Å². The van der Waals surface area contributed by atoms with Gasteiger partial charge in [-0.05, 0) is 57.4 Å². The fourth-order valence-electron chi connectivity index (χ4n) is 4.55. The summed E-state index contributed by atoms with van der Waals surface area (Å²) in [5.74, 6) is 1.26. The Kier molecular flexibility index (Phi) is 7.25. The number of nitrogens with zero attached hydrogens (tertiary/aromatic N) is 5. The second-order valence-corrected chi connectivity index (χ2v) is 9.59. The molecule has 0 aliphatic heterocycles. The highest BCUT2D eigenvalue weighted by Crippen LogP contribution is 2.30. The minimum absolute atomic E-state index is 0.180. The van der Waals surface area contributed by atoms with Crippen molar-refractivity contribution in [3.8, 4) is 17.1 Å². The first-order chi connectivity index (χ1) is 15.6. The summed E-state index contributed by atoms with van der Waals surface area (Å²) in [6.45, 7) is 6.31. The van der Waals surface area contributed by atoms with Crippen LogP contribution in [0.3, 0.4) is 0 Å². The van der Waals surface area contributed by atoms with Crippen LogP contribution in [0.2, 0.25) is 0 Å². The third kappa shape index (κ3) is 4.88. The highest BCUT2D eigenvalue weighted by Gasteiger charge is 2.28. The topological polar surface area (TPSA) is 63.9 Å². The Hall–Kier alpha value is -2.67. The second-order valence-electron chi connectivity index (χ2n) is 8.65. The highest BCUT2D eigenvalue weighted by molar-refractivity contribution is 7.99. The van der Waals surface area contributed by atoms with Crippen LogP contribution in [0.15, 0.2) is 53.9 Å². The van der Waals surface area contributed by atoms with Gasteiger partial charge in [-0.15, -0.1) is 10.2 Å². The van der Waals surface area contributed by atoms with Crippen LogP contribution < -0.4 is 0 Å². The third-order valence-corrected chi connectivity index (χ3v) is 6.96. The van der Waals surface area contributed by atoms with Gasteiger partial charge in [-0.2, -0.15) is 0 Å². The van der Waals surface area contributed by atoms with Crippen LogP contribution >= 0.6 is 11.8 Å². The zero-order valence-corrected chi connectivity index (χ0v) is 19.9. The van der Waals surface area contributed by atoms with Gasteiger partial charge in [0, 0.05) is 30.0 Å². The van der Waals surface area contributed by atoms with Gasteiger partial charge in [0.25, 0.3) is 0 Å². The van der Waals surface area contributed by atoms with Gasteiger partial charge in [0.15, 0.2) is 11.0 Å². The van der Waals surface area contributed by atoms with E-state index in [0.29, 0.717) is 11.8 Å². The lowest BCUT2D eigenvalue weighted by Crippen LogP contribution is -2.46. The number of amides is 1. The Balaban J connectivity index is 1.62. The minimum Gasteiger partial charge on any atom is -0.337 e. The molecule has 1 saturated carbocycles. The standard InChI is InChI=1S/C25H31N5OS/c1-18(2)29(21-12-5-4-6-13-21)23(31)17-32-25-28-27-24(20-11-9-15-26-16-20)30(25)22-14-8-7-10-19(22)3/h7-11,14-16,18,21H,4-6,12-13,17H2,1-3H3. The van der Waals surface area contributed by atoms with Gasteiger partial charge >= 0.3 is 0 Å². The lowest BCUT2D eigenvalue weighted by Gasteiger charge is -2.37. The molecule has 1 aromatic carbocycles. The van der Waals surface area contributed by atoms with Crippen molar-refractivity contribution in [3.63, 3.8) is 0 Å². The molecule has 1 aliphatic rings. The minimum atomic E-state index is 0.180. The van der Waals surface area contributed by atoms with Crippen molar-refractivity contribution in [2.45, 2.75) is 70.1 Å². The van der Waals surface area contributed by atoms with Gasteiger partial charge in [-0.1, -0.05) is 49.2 Å². The Morgan fingerprint density at radius 2 is 1.91 bits per heavy atom. The first-order valence-electron chi connectivity index (χ1n) is 11.4. The molecule has 0 N–H and O–H groups in total. The van der Waals surface area contributed by atoms with Crippen LogP contribution in [0.25, 0.3) is 17.1 Å². The molecule has 0 radical (unpaired) electrons. The number of rotatable bonds is 7. The van der Waals surface area contributed by atoms with E-state index in [-0.39, 0.29) is 11.9 Å². The van der Waals surface area contributed by atoms with Gasteiger partial charge in [0.05, 0.1) is 11.4 Å². The van der Waals surface area contributed by atoms with Crippen molar-refractivity contribution in [2.75, 3.05) is 5.75 Å². The summed E-state index contributed by atoms with van der Waals surface area (Å²) in [7, 11) is 0. The molecule has 1 aliphatic carbocycles. The number of pyridine rings is 1. The molecule has 1 amide bonds. The van der Waals surface area contributed by atoms with Crippen LogP contribution in [-0.2, 0) is 4.79 Å². The van der Waals surface area contributed by atoms with Crippen LogP contribution in [0.1, 0.15) is 51.5 Å². The molecule has 6 nitrogen and oxygen atoms in total. The predicted octanol–water partition coefficient (Wildman–Crippen LogP) is 5.30. The average molecular weight is 450 g/mol. The van der Waals surface area contributed by atoms with Crippen LogP contribution in [-0.4, -0.2) is 48.4 Å². The zero-order valence-electron chi connectivity index (χ0n) is 19.1. The monoisotopic (exact) mass is 449 g/mol. The van der Waals surface area contributed by atoms with Crippen molar-refractivity contribution >= 4 is 17.7 Å². The average Bonchev–Trinajstić information content (AvgIpc) is 3.23. The van der Waals surface area contributed by atoms with E-state index in [1.807, 2.05) is 28.8 Å². The molecule has 168 valence electrons. The summed E-state index contributed by atoms with van der Waals surface area (Å²) in [6, 6.07) is 12.6. The largest absolute Gasteiger partial charge is 0.337 e. The Morgan fingerprint density at radius 3 is 2.59 bits per heavy atom. The molecular formula is C25H31N5OS. The smallest absolute Gasteiger partial charge is 0.233 e. The van der Waals surface area contributed by atoms with E-state index in [4.69, 9.17) is 0 Å². The van der Waals surface area contributed by atoms with Gasteiger partial charge in [0.2, 0.25) is 5.91 Å². The van der Waals surface area contributed by atoms with Crippen LogP contribution in [0.5, 0.6) is 0 Å². The van der Waals surface area contributed by atoms with Crippen molar-refractivity contribution in [3.05, 3.63) is 54.4 Å². The molecule has 0 atom stereocenters. The molecule has 3 aromatic rings. The number of thioether (sulfide) groups is 1. The number of carbonyl (C=O) groups excluding carboxylic acids is 1. The van der Waals surface area contributed by atoms with Crippen molar-refractivity contribution in [1.29, 1.82) is 0 Å². The number of benzene rings is 1. The van der Waals surface area contributed by atoms with E-state index in [9.17, 15) is 4.79 Å². The maximum Gasteiger partial charge on any atom is 0.233 e. The van der Waals surface area contributed by atoms with Gasteiger partial charge in [0.1, 0.15) is 0 Å². The molecule has 2 heterocycles. The molecule has 4 rings (SSSR count). The summed E-state index contributed by atoms with van der Waals surface area (Å²) >= 11 is 1.46. The first kappa shape index (κ1) is 22.5. The fourth-order valence-corrected chi connectivity index (χ4v) is 5.36. The summed E-state index contributed by atoms with van der Waals surface area (Å²) < 4.78 is 2.05. The first-order valence-corrected chi connectivity index (χ1v) is 12.4. The van der Waals surface area contributed by atoms with Crippen molar-refractivity contribution < 1.29 is 4.79 Å². The lowest BCUT2D eigenvalue weighted by molar-refractivity contribution is -0.133. The molecular weight excluding hydrogens is 418 g/mol. The quantitative estimate of drug-likeness (QED) is 0.458. The fraction of sp³-hybridized carbons (Fsp3) is 0.440. The summed E-state index contributed by atoms with van der Waals surface area (Å²) in [4.78, 5) is 19.6. The zero-order chi connectivity index (χ0) is 22.5. The predicted molar refractivity (Wildman–Crippen MR) is 129 cm³/mol. The van der Waals surface area contributed by atoms with Crippen molar-refractivity contribution in [2.24, 2.45) is 0 Å². The summed E-state index contributed by atoms with van der Waals surface area (Å²) in [6.07, 6.45) is 9.47. The molecule has 0 spiro atoms. The van der Waals surface area contributed by atoms with E-state index in [1.165, 1.54) is 31.0 Å². The number of hydrogen-bond donors (Lipinski definition) is 0. The van der Waals surface area contributed by atoms with Crippen LogP contribution in [0, 0.1) is 6.92 Å². The van der Waals surface area contributed by atoms with E-state index in [0.717, 1.165) is 40.6 Å². The molecule has 7 heteroatoms. The molecule has 0 bridgehead atoms. The van der Waals surface area contributed by atoms with Crippen molar-refractivity contribution in [1.82, 2.24) is 24.6 Å². The number of para-hydroxylation sites is 1. The normalized spacial score (nSPS) is 14.6. The summed E-state index contributed by atoms with van der Waals surface area (Å²) in [5, 5.41) is 9.68. The Labute approximate surface area is 194 Å². The highest BCUT2D eigenvalue weighted by atomic mass is 32.2.